The number of rotatable bonds is 6. The smallest absolute Gasteiger partial charge is 0.270 e. The van der Waals surface area contributed by atoms with Gasteiger partial charge in [0, 0.05) is 18.2 Å². The molecule has 37 heavy (non-hydrogen) atoms. The molecule has 11 heteroatoms. The van der Waals surface area contributed by atoms with Gasteiger partial charge >= 0.3 is 0 Å². The number of H-pyrrole nitrogens is 1. The minimum atomic E-state index is -0.447. The molecule has 3 N–H and O–H groups in total. The van der Waals surface area contributed by atoms with Crippen LogP contribution in [-0.2, 0) is 13.0 Å². The highest BCUT2D eigenvalue weighted by molar-refractivity contribution is 5.97. The van der Waals surface area contributed by atoms with E-state index in [1.807, 2.05) is 12.1 Å². The van der Waals surface area contributed by atoms with Crippen LogP contribution in [0.5, 0.6) is 0 Å². The van der Waals surface area contributed by atoms with E-state index in [9.17, 15) is 14.0 Å². The fourth-order valence-electron chi connectivity index (χ4n) is 5.03. The van der Waals surface area contributed by atoms with Gasteiger partial charge in [0.2, 0.25) is 5.82 Å². The highest BCUT2D eigenvalue weighted by Gasteiger charge is 2.55. The lowest BCUT2D eigenvalue weighted by Gasteiger charge is -2.21. The molecule has 186 valence electrons. The first-order chi connectivity index (χ1) is 17.9. The molecule has 4 aromatic rings. The molecule has 2 aromatic heterocycles. The van der Waals surface area contributed by atoms with Crippen LogP contribution in [0.25, 0.3) is 11.4 Å². The van der Waals surface area contributed by atoms with Crippen LogP contribution in [0.4, 0.5) is 4.39 Å². The Morgan fingerprint density at radius 2 is 1.89 bits per heavy atom. The first-order valence-corrected chi connectivity index (χ1v) is 11.9. The van der Waals surface area contributed by atoms with E-state index < -0.39 is 5.91 Å². The quantitative estimate of drug-likeness (QED) is 0.372. The molecule has 10 nitrogen and oxygen atoms in total. The predicted octanol–water partition coefficient (Wildman–Crippen LogP) is 2.84. The van der Waals surface area contributed by atoms with E-state index in [4.69, 9.17) is 0 Å². The van der Waals surface area contributed by atoms with E-state index in [0.29, 0.717) is 11.4 Å². The van der Waals surface area contributed by atoms with E-state index in [1.54, 1.807) is 19.1 Å². The summed E-state index contributed by atoms with van der Waals surface area (Å²) in [6.45, 7) is 1.87. The van der Waals surface area contributed by atoms with Gasteiger partial charge in [0.25, 0.3) is 11.8 Å². The number of carbonyl (C=O) groups is 2. The van der Waals surface area contributed by atoms with Gasteiger partial charge in [-0.1, -0.05) is 24.3 Å². The van der Waals surface area contributed by atoms with E-state index >= 15 is 0 Å². The molecule has 2 aliphatic carbocycles. The average Bonchev–Trinajstić information content (AvgIpc) is 3.34. The van der Waals surface area contributed by atoms with Crippen LogP contribution in [0.15, 0.2) is 48.8 Å². The van der Waals surface area contributed by atoms with Gasteiger partial charge in [0.15, 0.2) is 0 Å². The van der Waals surface area contributed by atoms with Crippen molar-refractivity contribution < 1.29 is 14.0 Å². The van der Waals surface area contributed by atoms with Gasteiger partial charge in [-0.15, -0.1) is 10.2 Å². The molecule has 1 spiro atoms. The van der Waals surface area contributed by atoms with Gasteiger partial charge in [-0.25, -0.2) is 14.4 Å². The van der Waals surface area contributed by atoms with Crippen molar-refractivity contribution in [1.29, 1.82) is 0 Å². The predicted molar refractivity (Wildman–Crippen MR) is 130 cm³/mol. The number of aryl methyl sites for hydroxylation is 1. The monoisotopic (exact) mass is 498 g/mol. The fraction of sp³-hybridized carbons (Fsp3) is 0.269. The third-order valence-corrected chi connectivity index (χ3v) is 7.19. The van der Waals surface area contributed by atoms with E-state index in [1.165, 1.54) is 18.5 Å². The van der Waals surface area contributed by atoms with Gasteiger partial charge in [-0.3, -0.25) is 9.59 Å². The molecule has 2 aliphatic rings. The summed E-state index contributed by atoms with van der Waals surface area (Å²) in [4.78, 5) is 34.0. The Morgan fingerprint density at radius 1 is 1.08 bits per heavy atom. The van der Waals surface area contributed by atoms with Crippen molar-refractivity contribution in [2.75, 3.05) is 0 Å². The first-order valence-electron chi connectivity index (χ1n) is 11.9. The minimum absolute atomic E-state index is 0.00556. The fourth-order valence-corrected chi connectivity index (χ4v) is 5.03. The summed E-state index contributed by atoms with van der Waals surface area (Å²) in [6.07, 6.45) is 4.10. The minimum Gasteiger partial charge on any atom is -0.347 e. The Kier molecular flexibility index (Phi) is 5.47. The molecule has 2 amide bonds. The topological polar surface area (TPSA) is 138 Å². The van der Waals surface area contributed by atoms with Gasteiger partial charge in [-0.05, 0) is 71.2 Å². The maximum absolute atomic E-state index is 13.5. The van der Waals surface area contributed by atoms with Crippen LogP contribution < -0.4 is 10.6 Å². The van der Waals surface area contributed by atoms with Crippen LogP contribution in [0, 0.1) is 18.2 Å². The number of carbonyl (C=O) groups excluding carboxylic acids is 2. The highest BCUT2D eigenvalue weighted by atomic mass is 19.1. The molecule has 1 atom stereocenters. The average molecular weight is 499 g/mol. The van der Waals surface area contributed by atoms with Crippen LogP contribution >= 0.6 is 0 Å². The lowest BCUT2D eigenvalue weighted by molar-refractivity contribution is 0.0915. The largest absolute Gasteiger partial charge is 0.347 e. The zero-order valence-electron chi connectivity index (χ0n) is 20.0. The van der Waals surface area contributed by atoms with Crippen molar-refractivity contribution in [3.05, 3.63) is 88.3 Å². The van der Waals surface area contributed by atoms with Gasteiger partial charge < -0.3 is 10.6 Å². The van der Waals surface area contributed by atoms with Crippen LogP contribution in [0.2, 0.25) is 0 Å². The number of benzene rings is 2. The second-order valence-electron chi connectivity index (χ2n) is 9.65. The van der Waals surface area contributed by atoms with Crippen molar-refractivity contribution in [3.63, 3.8) is 0 Å². The molecule has 6 rings (SSSR count). The summed E-state index contributed by atoms with van der Waals surface area (Å²) in [5, 5.41) is 20.1. The number of fused-ring (bicyclic) bond motifs is 1. The number of tetrazole rings is 1. The molecule has 1 unspecified atom stereocenters. The van der Waals surface area contributed by atoms with Crippen molar-refractivity contribution in [3.8, 4) is 11.4 Å². The summed E-state index contributed by atoms with van der Waals surface area (Å²) in [5.41, 5.74) is 4.55. The second-order valence-corrected chi connectivity index (χ2v) is 9.65. The summed E-state index contributed by atoms with van der Waals surface area (Å²) in [5.74, 6) is -0.581. The lowest BCUT2D eigenvalue weighted by atomic mass is 9.97. The van der Waals surface area contributed by atoms with Crippen molar-refractivity contribution in [2.45, 2.75) is 38.8 Å². The maximum atomic E-state index is 13.5. The summed E-state index contributed by atoms with van der Waals surface area (Å²) in [6, 6.07) is 11.9. The lowest BCUT2D eigenvalue weighted by Crippen LogP contribution is -2.33. The standard InChI is InChI=1S/C26H23FN8O2/c1-14-8-15(2-5-19(14)27)12-28-24(36)20-10-21(30-13-29-20)25(37)31-22-18-4-3-16(23-32-34-35-33-23)9-17(18)11-26(22)6-7-26/h2-5,8-10,13,22H,6-7,11-12H2,1H3,(H,28,36)(H,31,37)(H,32,33,34,35). The Bertz CT molecular complexity index is 1520. The Morgan fingerprint density at radius 3 is 2.62 bits per heavy atom. The molecule has 2 aromatic carbocycles. The number of hydrogen-bond donors (Lipinski definition) is 3. The molecule has 1 saturated carbocycles. The molecule has 0 bridgehead atoms. The van der Waals surface area contributed by atoms with Crippen molar-refractivity contribution >= 4 is 11.8 Å². The zero-order chi connectivity index (χ0) is 25.6. The molecular weight excluding hydrogens is 475 g/mol. The van der Waals surface area contributed by atoms with E-state index in [2.05, 4.69) is 47.3 Å². The normalized spacial score (nSPS) is 16.9. The number of halogens is 1. The van der Waals surface area contributed by atoms with Gasteiger partial charge in [-0.2, -0.15) is 5.21 Å². The number of aromatic amines is 1. The number of nitrogens with one attached hydrogen (secondary N) is 3. The van der Waals surface area contributed by atoms with Gasteiger partial charge in [0.05, 0.1) is 6.04 Å². The van der Waals surface area contributed by atoms with Crippen molar-refractivity contribution in [2.24, 2.45) is 5.41 Å². The summed E-state index contributed by atoms with van der Waals surface area (Å²) in [7, 11) is 0. The SMILES string of the molecule is Cc1cc(CNC(=O)c2cc(C(=O)NC3c4ccc(-c5nn[nH]n5)cc4CC34CC4)ncn2)ccc1F. The van der Waals surface area contributed by atoms with E-state index in [-0.39, 0.29) is 41.1 Å². The van der Waals surface area contributed by atoms with Crippen molar-refractivity contribution in [1.82, 2.24) is 41.2 Å². The molecule has 0 radical (unpaired) electrons. The molecule has 2 heterocycles. The van der Waals surface area contributed by atoms with Gasteiger partial charge in [0.1, 0.15) is 23.5 Å². The zero-order valence-corrected chi connectivity index (χ0v) is 20.0. The molecule has 0 saturated heterocycles. The number of nitrogens with zero attached hydrogens (tertiary/aromatic N) is 5. The summed E-state index contributed by atoms with van der Waals surface area (Å²) < 4.78 is 13.5. The molecule has 0 aliphatic heterocycles. The highest BCUT2D eigenvalue weighted by Crippen LogP contribution is 2.62. The second kappa shape index (κ2) is 8.84. The first kappa shape index (κ1) is 22.9. The van der Waals surface area contributed by atoms with Crippen LogP contribution in [0.1, 0.15) is 62.1 Å². The van der Waals surface area contributed by atoms with Crippen LogP contribution in [0.3, 0.4) is 0 Å². The number of aromatic nitrogens is 6. The maximum Gasteiger partial charge on any atom is 0.270 e. The third kappa shape index (κ3) is 4.32. The Balaban J connectivity index is 1.16. The summed E-state index contributed by atoms with van der Waals surface area (Å²) >= 11 is 0. The molecular formula is C26H23FN8O2. The molecule has 1 fully saturated rings. The number of amides is 2. The number of hydrogen-bond acceptors (Lipinski definition) is 7. The Hall–Kier alpha value is -4.54. The Labute approximate surface area is 211 Å². The third-order valence-electron chi connectivity index (χ3n) is 7.19. The van der Waals surface area contributed by atoms with E-state index in [0.717, 1.165) is 41.5 Å². The van der Waals surface area contributed by atoms with Crippen LogP contribution in [-0.4, -0.2) is 42.4 Å².